The van der Waals surface area contributed by atoms with Crippen molar-refractivity contribution >= 4 is 5.91 Å². The molecule has 1 fully saturated rings. The van der Waals surface area contributed by atoms with Crippen LogP contribution in [-0.2, 0) is 4.79 Å². The number of hydrogen-bond acceptors (Lipinski definition) is 2. The zero-order chi connectivity index (χ0) is 12.0. The molecule has 0 aromatic rings. The molecule has 3 heteroatoms. The summed E-state index contributed by atoms with van der Waals surface area (Å²) in [4.78, 5) is 16.1. The second-order valence-electron chi connectivity index (χ2n) is 4.52. The molecule has 0 N–H and O–H groups in total. The minimum absolute atomic E-state index is 0.136. The van der Waals surface area contributed by atoms with Gasteiger partial charge in [0, 0.05) is 26.2 Å². The fourth-order valence-corrected chi connectivity index (χ4v) is 2.29. The molecule has 16 heavy (non-hydrogen) atoms. The van der Waals surface area contributed by atoms with Crippen molar-refractivity contribution in [3.63, 3.8) is 0 Å². The number of hydrogen-bond donors (Lipinski definition) is 0. The molecular formula is C13H24N2O. The standard InChI is InChI=1S/C13H24N2O/c1-4-6-13(16)14(3)12-7-10-15(9-5-2)11-8-12/h4,6,12H,5,7-11H2,1-3H3. The van der Waals surface area contributed by atoms with Gasteiger partial charge in [-0.15, -0.1) is 0 Å². The van der Waals surface area contributed by atoms with E-state index in [2.05, 4.69) is 11.8 Å². The summed E-state index contributed by atoms with van der Waals surface area (Å²) in [6, 6.07) is 0.428. The van der Waals surface area contributed by atoms with Crippen molar-refractivity contribution in [3.05, 3.63) is 12.2 Å². The summed E-state index contributed by atoms with van der Waals surface area (Å²) in [5.74, 6) is 0.136. The highest BCUT2D eigenvalue weighted by atomic mass is 16.2. The number of carbonyl (C=O) groups is 1. The van der Waals surface area contributed by atoms with Crippen LogP contribution in [-0.4, -0.2) is 48.4 Å². The quantitative estimate of drug-likeness (QED) is 0.681. The lowest BCUT2D eigenvalue weighted by Crippen LogP contribution is -2.45. The van der Waals surface area contributed by atoms with Crippen molar-refractivity contribution in [2.45, 2.75) is 39.2 Å². The normalized spacial score (nSPS) is 19.2. The highest BCUT2D eigenvalue weighted by Gasteiger charge is 2.23. The molecule has 1 rings (SSSR count). The van der Waals surface area contributed by atoms with Crippen LogP contribution in [0, 0.1) is 0 Å². The van der Waals surface area contributed by atoms with Gasteiger partial charge in [-0.25, -0.2) is 0 Å². The molecule has 1 heterocycles. The van der Waals surface area contributed by atoms with Crippen LogP contribution in [0.4, 0.5) is 0 Å². The molecule has 0 saturated carbocycles. The highest BCUT2D eigenvalue weighted by Crippen LogP contribution is 2.15. The number of nitrogens with zero attached hydrogens (tertiary/aromatic N) is 2. The predicted molar refractivity (Wildman–Crippen MR) is 67.3 cm³/mol. The second kappa shape index (κ2) is 6.69. The maximum absolute atomic E-state index is 11.7. The van der Waals surface area contributed by atoms with Gasteiger partial charge in [0.15, 0.2) is 0 Å². The zero-order valence-corrected chi connectivity index (χ0v) is 10.8. The minimum Gasteiger partial charge on any atom is -0.339 e. The molecule has 0 spiro atoms. The van der Waals surface area contributed by atoms with Crippen molar-refractivity contribution in [2.75, 3.05) is 26.7 Å². The molecule has 0 unspecified atom stereocenters. The van der Waals surface area contributed by atoms with Gasteiger partial charge in [0.05, 0.1) is 0 Å². The third-order valence-corrected chi connectivity index (χ3v) is 3.30. The Morgan fingerprint density at radius 2 is 2.06 bits per heavy atom. The summed E-state index contributed by atoms with van der Waals surface area (Å²) in [5, 5.41) is 0. The van der Waals surface area contributed by atoms with Gasteiger partial charge in [0.2, 0.25) is 5.91 Å². The van der Waals surface area contributed by atoms with Crippen LogP contribution >= 0.6 is 0 Å². The van der Waals surface area contributed by atoms with Crippen LogP contribution in [0.3, 0.4) is 0 Å². The molecule has 0 atom stereocenters. The van der Waals surface area contributed by atoms with Crippen LogP contribution in [0.2, 0.25) is 0 Å². The Labute approximate surface area is 99.1 Å². The Bertz CT molecular complexity index is 242. The lowest BCUT2D eigenvalue weighted by molar-refractivity contribution is -0.127. The zero-order valence-electron chi connectivity index (χ0n) is 10.8. The molecule has 0 aromatic heterocycles. The van der Waals surface area contributed by atoms with Crippen molar-refractivity contribution in [1.29, 1.82) is 0 Å². The molecule has 1 saturated heterocycles. The Morgan fingerprint density at radius 1 is 1.44 bits per heavy atom. The van der Waals surface area contributed by atoms with Gasteiger partial charge in [0.1, 0.15) is 0 Å². The first-order valence-corrected chi connectivity index (χ1v) is 6.30. The number of amides is 1. The van der Waals surface area contributed by atoms with Gasteiger partial charge in [-0.1, -0.05) is 13.0 Å². The van der Waals surface area contributed by atoms with Gasteiger partial charge in [0.25, 0.3) is 0 Å². The van der Waals surface area contributed by atoms with Gasteiger partial charge in [-0.3, -0.25) is 4.79 Å². The van der Waals surface area contributed by atoms with Gasteiger partial charge >= 0.3 is 0 Å². The van der Waals surface area contributed by atoms with Crippen LogP contribution in [0.1, 0.15) is 33.1 Å². The lowest BCUT2D eigenvalue weighted by Gasteiger charge is -2.36. The number of allylic oxidation sites excluding steroid dienone is 1. The van der Waals surface area contributed by atoms with Gasteiger partial charge in [-0.05, 0) is 38.8 Å². The average Bonchev–Trinajstić information content (AvgIpc) is 2.30. The molecule has 0 aliphatic carbocycles. The van der Waals surface area contributed by atoms with E-state index in [1.54, 1.807) is 6.08 Å². The van der Waals surface area contributed by atoms with Gasteiger partial charge < -0.3 is 9.80 Å². The van der Waals surface area contributed by atoms with Crippen molar-refractivity contribution in [1.82, 2.24) is 9.80 Å². The van der Waals surface area contributed by atoms with E-state index in [4.69, 9.17) is 0 Å². The van der Waals surface area contributed by atoms with E-state index >= 15 is 0 Å². The molecule has 0 bridgehead atoms. The number of likely N-dealkylation sites (N-methyl/N-ethyl adjacent to an activating group) is 1. The van der Waals surface area contributed by atoms with E-state index in [1.807, 2.05) is 24.9 Å². The summed E-state index contributed by atoms with van der Waals surface area (Å²) in [5.41, 5.74) is 0. The lowest BCUT2D eigenvalue weighted by atomic mass is 10.0. The number of rotatable bonds is 4. The second-order valence-corrected chi connectivity index (χ2v) is 4.52. The number of likely N-dealkylation sites (tertiary alicyclic amines) is 1. The summed E-state index contributed by atoms with van der Waals surface area (Å²) in [6.45, 7) is 7.56. The third-order valence-electron chi connectivity index (χ3n) is 3.30. The van der Waals surface area contributed by atoms with Crippen LogP contribution in [0.15, 0.2) is 12.2 Å². The molecule has 92 valence electrons. The van der Waals surface area contributed by atoms with E-state index in [0.717, 1.165) is 25.9 Å². The van der Waals surface area contributed by atoms with E-state index in [0.29, 0.717) is 6.04 Å². The monoisotopic (exact) mass is 224 g/mol. The largest absolute Gasteiger partial charge is 0.339 e. The molecule has 0 aromatic carbocycles. The SMILES string of the molecule is CC=CC(=O)N(C)C1CCN(CCC)CC1. The molecule has 0 radical (unpaired) electrons. The van der Waals surface area contributed by atoms with Crippen LogP contribution in [0.5, 0.6) is 0 Å². The van der Waals surface area contributed by atoms with Crippen LogP contribution < -0.4 is 0 Å². The van der Waals surface area contributed by atoms with E-state index < -0.39 is 0 Å². The van der Waals surface area contributed by atoms with Gasteiger partial charge in [-0.2, -0.15) is 0 Å². The Balaban J connectivity index is 2.38. The predicted octanol–water partition coefficient (Wildman–Crippen LogP) is 1.90. The third kappa shape index (κ3) is 3.63. The molecular weight excluding hydrogens is 200 g/mol. The Morgan fingerprint density at radius 3 is 2.56 bits per heavy atom. The Hall–Kier alpha value is -0.830. The molecule has 1 amide bonds. The fourth-order valence-electron chi connectivity index (χ4n) is 2.29. The molecule has 1 aliphatic rings. The summed E-state index contributed by atoms with van der Waals surface area (Å²) in [6.07, 6.45) is 6.90. The maximum atomic E-state index is 11.7. The minimum atomic E-state index is 0.136. The summed E-state index contributed by atoms with van der Waals surface area (Å²) < 4.78 is 0. The maximum Gasteiger partial charge on any atom is 0.246 e. The summed E-state index contributed by atoms with van der Waals surface area (Å²) in [7, 11) is 1.92. The Kier molecular flexibility index (Phi) is 5.53. The molecule has 1 aliphatic heterocycles. The van der Waals surface area contributed by atoms with Crippen molar-refractivity contribution in [2.24, 2.45) is 0 Å². The molecule has 3 nitrogen and oxygen atoms in total. The number of piperidine rings is 1. The first kappa shape index (κ1) is 13.2. The van der Waals surface area contributed by atoms with E-state index in [-0.39, 0.29) is 5.91 Å². The fraction of sp³-hybridized carbons (Fsp3) is 0.769. The van der Waals surface area contributed by atoms with E-state index in [9.17, 15) is 4.79 Å². The summed E-state index contributed by atoms with van der Waals surface area (Å²) >= 11 is 0. The topological polar surface area (TPSA) is 23.6 Å². The highest BCUT2D eigenvalue weighted by molar-refractivity contribution is 5.87. The average molecular weight is 224 g/mol. The van der Waals surface area contributed by atoms with Crippen molar-refractivity contribution in [3.8, 4) is 0 Å². The first-order chi connectivity index (χ1) is 7.69. The smallest absolute Gasteiger partial charge is 0.246 e. The van der Waals surface area contributed by atoms with E-state index in [1.165, 1.54) is 13.0 Å². The first-order valence-electron chi connectivity index (χ1n) is 6.30. The number of carbonyl (C=O) groups excluding carboxylic acids is 1. The van der Waals surface area contributed by atoms with Crippen molar-refractivity contribution < 1.29 is 4.79 Å². The van der Waals surface area contributed by atoms with Crippen LogP contribution in [0.25, 0.3) is 0 Å².